The molecule has 0 fully saturated rings. The molecule has 13 heavy (non-hydrogen) atoms. The van der Waals surface area contributed by atoms with E-state index in [1.165, 1.54) is 6.92 Å². The Morgan fingerprint density at radius 1 is 1.08 bits per heavy atom. The second-order valence-electron chi connectivity index (χ2n) is 2.44. The van der Waals surface area contributed by atoms with E-state index < -0.39 is 11.6 Å². The van der Waals surface area contributed by atoms with E-state index in [4.69, 9.17) is 10.5 Å². The summed E-state index contributed by atoms with van der Waals surface area (Å²) < 4.78 is 25.7. The van der Waals surface area contributed by atoms with Crippen LogP contribution in [0.4, 0.5) is 8.78 Å². The predicted octanol–water partition coefficient (Wildman–Crippen LogP) is 2.02. The highest BCUT2D eigenvalue weighted by atomic mass is 19.1. The maximum absolute atomic E-state index is 12.9. The molecule has 0 radical (unpaired) electrons. The highest BCUT2D eigenvalue weighted by molar-refractivity contribution is 5.48. The highest BCUT2D eigenvalue weighted by Crippen LogP contribution is 2.19. The molecule has 0 aliphatic heterocycles. The summed E-state index contributed by atoms with van der Waals surface area (Å²) in [7, 11) is 0. The van der Waals surface area contributed by atoms with Crippen LogP contribution in [0, 0.1) is 41.2 Å². The fourth-order valence-electron chi connectivity index (χ4n) is 1.01. The fraction of sp³-hybridized carbons (Fsp3) is 0.111. The number of hydrogen-bond donors (Lipinski definition) is 0. The van der Waals surface area contributed by atoms with Gasteiger partial charge in [-0.1, -0.05) is 0 Å². The zero-order chi connectivity index (χ0) is 10.0. The average molecular weight is 178 g/mol. The molecule has 0 saturated carbocycles. The summed E-state index contributed by atoms with van der Waals surface area (Å²) in [5.41, 5.74) is -0.515. The van der Waals surface area contributed by atoms with Gasteiger partial charge in [0.2, 0.25) is 0 Å². The van der Waals surface area contributed by atoms with Gasteiger partial charge in [-0.25, -0.2) is 8.78 Å². The third kappa shape index (κ3) is 1.34. The van der Waals surface area contributed by atoms with E-state index in [2.05, 4.69) is 0 Å². The fourth-order valence-corrected chi connectivity index (χ4v) is 1.01. The molecule has 0 aromatic heterocycles. The molecule has 0 amide bonds. The summed E-state index contributed by atoms with van der Waals surface area (Å²) in [6.07, 6.45) is 0. The summed E-state index contributed by atoms with van der Waals surface area (Å²) in [6.45, 7) is 1.34. The number of nitriles is 2. The third-order valence-electron chi connectivity index (χ3n) is 1.70. The van der Waals surface area contributed by atoms with Crippen molar-refractivity contribution in [2.45, 2.75) is 6.92 Å². The van der Waals surface area contributed by atoms with Crippen molar-refractivity contribution >= 4 is 0 Å². The van der Waals surface area contributed by atoms with Crippen molar-refractivity contribution in [1.82, 2.24) is 0 Å². The lowest BCUT2D eigenvalue weighted by Crippen LogP contribution is -1.97. The number of nitrogens with zero attached hydrogens (tertiary/aromatic N) is 2. The second kappa shape index (κ2) is 3.20. The Bertz CT molecular complexity index is 400. The van der Waals surface area contributed by atoms with E-state index in [0.29, 0.717) is 6.07 Å². The maximum atomic E-state index is 12.9. The van der Waals surface area contributed by atoms with Gasteiger partial charge >= 0.3 is 0 Å². The van der Waals surface area contributed by atoms with Crippen LogP contribution in [0.2, 0.25) is 0 Å². The first-order chi connectivity index (χ1) is 6.11. The van der Waals surface area contributed by atoms with E-state index in [0.717, 1.165) is 0 Å². The topological polar surface area (TPSA) is 47.6 Å². The summed E-state index contributed by atoms with van der Waals surface area (Å²) in [5, 5.41) is 17.0. The summed E-state index contributed by atoms with van der Waals surface area (Å²) >= 11 is 0. The van der Waals surface area contributed by atoms with Crippen LogP contribution in [0.25, 0.3) is 0 Å². The van der Waals surface area contributed by atoms with E-state index in [9.17, 15) is 8.78 Å². The van der Waals surface area contributed by atoms with Crippen LogP contribution in [0.15, 0.2) is 6.07 Å². The van der Waals surface area contributed by atoms with Crippen molar-refractivity contribution in [3.63, 3.8) is 0 Å². The summed E-state index contributed by atoms with van der Waals surface area (Å²) in [5.74, 6) is -1.87. The molecule has 1 aromatic carbocycles. The Morgan fingerprint density at radius 2 is 1.46 bits per heavy atom. The van der Waals surface area contributed by atoms with Crippen LogP contribution in [0.1, 0.15) is 16.7 Å². The second-order valence-corrected chi connectivity index (χ2v) is 2.44. The van der Waals surface area contributed by atoms with Crippen LogP contribution in [-0.4, -0.2) is 0 Å². The van der Waals surface area contributed by atoms with Crippen molar-refractivity contribution in [3.8, 4) is 12.1 Å². The lowest BCUT2D eigenvalue weighted by atomic mass is 10.0. The molecule has 0 N–H and O–H groups in total. The quantitative estimate of drug-likeness (QED) is 0.610. The summed E-state index contributed by atoms with van der Waals surface area (Å²) in [4.78, 5) is 0. The Hall–Kier alpha value is -1.94. The van der Waals surface area contributed by atoms with Crippen LogP contribution in [0.3, 0.4) is 0 Å². The predicted molar refractivity (Wildman–Crippen MR) is 40.5 cm³/mol. The van der Waals surface area contributed by atoms with Gasteiger partial charge < -0.3 is 0 Å². The lowest BCUT2D eigenvalue weighted by Gasteiger charge is -2.01. The van der Waals surface area contributed by atoms with E-state index in [1.54, 1.807) is 12.1 Å². The number of benzene rings is 1. The van der Waals surface area contributed by atoms with Crippen molar-refractivity contribution < 1.29 is 8.78 Å². The standard InChI is InChI=1S/C9H4F2N2/c1-5-6(3-12)8(10)2-9(11)7(5)4-13/h2H,1H3. The van der Waals surface area contributed by atoms with Gasteiger partial charge in [0.05, 0.1) is 11.1 Å². The first kappa shape index (κ1) is 9.15. The number of hydrogen-bond acceptors (Lipinski definition) is 2. The molecule has 0 aliphatic carbocycles. The zero-order valence-electron chi connectivity index (χ0n) is 6.73. The number of halogens is 2. The van der Waals surface area contributed by atoms with E-state index in [1.807, 2.05) is 0 Å². The van der Waals surface area contributed by atoms with Crippen molar-refractivity contribution in [1.29, 1.82) is 10.5 Å². The highest BCUT2D eigenvalue weighted by Gasteiger charge is 2.14. The maximum Gasteiger partial charge on any atom is 0.144 e. The molecule has 0 saturated heterocycles. The van der Waals surface area contributed by atoms with Gasteiger partial charge in [0.1, 0.15) is 23.8 Å². The zero-order valence-corrected chi connectivity index (χ0v) is 6.73. The van der Waals surface area contributed by atoms with Crippen molar-refractivity contribution in [2.24, 2.45) is 0 Å². The normalized spacial score (nSPS) is 9.00. The van der Waals surface area contributed by atoms with Gasteiger partial charge in [0.15, 0.2) is 0 Å². The monoisotopic (exact) mass is 178 g/mol. The van der Waals surface area contributed by atoms with Gasteiger partial charge in [-0.05, 0) is 12.5 Å². The van der Waals surface area contributed by atoms with Crippen LogP contribution in [0.5, 0.6) is 0 Å². The molecule has 64 valence electrons. The minimum absolute atomic E-state index is 0.0440. The lowest BCUT2D eigenvalue weighted by molar-refractivity contribution is 0.576. The molecule has 2 nitrogen and oxygen atoms in total. The molecule has 1 rings (SSSR count). The minimum atomic E-state index is -0.934. The molecule has 0 aliphatic rings. The Balaban J connectivity index is 3.63. The first-order valence-electron chi connectivity index (χ1n) is 3.40. The molecular weight excluding hydrogens is 174 g/mol. The average Bonchev–Trinajstić information content (AvgIpc) is 2.04. The van der Waals surface area contributed by atoms with Crippen molar-refractivity contribution in [2.75, 3.05) is 0 Å². The van der Waals surface area contributed by atoms with Gasteiger partial charge in [0, 0.05) is 6.07 Å². The molecule has 0 spiro atoms. The SMILES string of the molecule is Cc1c(C#N)c(F)cc(F)c1C#N. The number of rotatable bonds is 0. The largest absolute Gasteiger partial charge is 0.205 e. The van der Waals surface area contributed by atoms with Crippen LogP contribution >= 0.6 is 0 Å². The summed E-state index contributed by atoms with van der Waals surface area (Å²) in [6, 6.07) is 3.69. The van der Waals surface area contributed by atoms with Gasteiger partial charge in [-0.2, -0.15) is 10.5 Å². The smallest absolute Gasteiger partial charge is 0.144 e. The van der Waals surface area contributed by atoms with Gasteiger partial charge in [-0.3, -0.25) is 0 Å². The molecule has 0 atom stereocenters. The van der Waals surface area contributed by atoms with Crippen LogP contribution in [-0.2, 0) is 0 Å². The van der Waals surface area contributed by atoms with E-state index >= 15 is 0 Å². The first-order valence-corrected chi connectivity index (χ1v) is 3.40. The Morgan fingerprint density at radius 3 is 1.77 bits per heavy atom. The van der Waals surface area contributed by atoms with Gasteiger partial charge in [0.25, 0.3) is 0 Å². The van der Waals surface area contributed by atoms with Gasteiger partial charge in [-0.15, -0.1) is 0 Å². The third-order valence-corrected chi connectivity index (χ3v) is 1.70. The molecule has 0 unspecified atom stereocenters. The van der Waals surface area contributed by atoms with E-state index in [-0.39, 0.29) is 16.7 Å². The molecule has 0 heterocycles. The molecule has 0 bridgehead atoms. The Labute approximate surface area is 73.6 Å². The molecule has 1 aromatic rings. The van der Waals surface area contributed by atoms with Crippen LogP contribution < -0.4 is 0 Å². The molecular formula is C9H4F2N2. The Kier molecular flexibility index (Phi) is 2.25. The minimum Gasteiger partial charge on any atom is -0.205 e. The molecule has 4 heteroatoms. The van der Waals surface area contributed by atoms with Crippen molar-refractivity contribution in [3.05, 3.63) is 34.4 Å².